The molecule has 0 bridgehead atoms. The summed E-state index contributed by atoms with van der Waals surface area (Å²) in [4.78, 5) is 13.3. The molecule has 0 unspecified atom stereocenters. The predicted molar refractivity (Wildman–Crippen MR) is 109 cm³/mol. The van der Waals surface area contributed by atoms with E-state index in [1.165, 1.54) is 0 Å². The fourth-order valence-electron chi connectivity index (χ4n) is 2.82. The fraction of sp³-hybridized carbons (Fsp3) is 0.368. The van der Waals surface area contributed by atoms with Crippen molar-refractivity contribution in [3.63, 3.8) is 0 Å². The molecule has 0 amide bonds. The first kappa shape index (κ1) is 18.9. The van der Waals surface area contributed by atoms with Gasteiger partial charge in [0, 0.05) is 37.8 Å². The van der Waals surface area contributed by atoms with E-state index >= 15 is 0 Å². The number of terminal acetylenes is 1. The lowest BCUT2D eigenvalue weighted by molar-refractivity contribution is 0.330. The van der Waals surface area contributed by atoms with Gasteiger partial charge < -0.3 is 25.0 Å². The summed E-state index contributed by atoms with van der Waals surface area (Å²) in [6.07, 6.45) is 7.09. The smallest absolute Gasteiger partial charge is 0.191 e. The van der Waals surface area contributed by atoms with Gasteiger partial charge in [-0.2, -0.15) is 0 Å². The van der Waals surface area contributed by atoms with Gasteiger partial charge in [-0.1, -0.05) is 12.0 Å². The number of hydrogen-bond donors (Lipinski definition) is 1. The number of rotatable bonds is 6. The first-order chi connectivity index (χ1) is 13.2. The number of ether oxygens (including phenoxy) is 2. The monoisotopic (exact) mass is 385 g/mol. The molecular formula is C19H23N5O2S. The van der Waals surface area contributed by atoms with Crippen LogP contribution in [0.3, 0.4) is 0 Å². The van der Waals surface area contributed by atoms with E-state index in [0.29, 0.717) is 24.0 Å². The molecule has 1 aliphatic rings. The summed E-state index contributed by atoms with van der Waals surface area (Å²) < 4.78 is 10.8. The Bertz CT molecular complexity index is 808. The number of aromatic nitrogens is 1. The average molecular weight is 385 g/mol. The van der Waals surface area contributed by atoms with Crippen LogP contribution in [0, 0.1) is 12.3 Å². The van der Waals surface area contributed by atoms with Gasteiger partial charge in [-0.25, -0.2) is 9.98 Å². The molecule has 0 atom stereocenters. The second-order valence-corrected chi connectivity index (χ2v) is 6.81. The van der Waals surface area contributed by atoms with Gasteiger partial charge in [0.25, 0.3) is 0 Å². The second-order valence-electron chi connectivity index (χ2n) is 5.94. The molecule has 3 rings (SSSR count). The summed E-state index contributed by atoms with van der Waals surface area (Å²) in [6.45, 7) is 4.08. The Morgan fingerprint density at radius 1 is 1.33 bits per heavy atom. The van der Waals surface area contributed by atoms with Gasteiger partial charge >= 0.3 is 0 Å². The van der Waals surface area contributed by atoms with Crippen molar-refractivity contribution in [3.05, 3.63) is 35.3 Å². The SMILES string of the molecule is C#CCOc1cc(CN=C(N)N2CCN(c3nccs3)CC2)ccc1OC. The van der Waals surface area contributed by atoms with Crippen LogP contribution in [-0.4, -0.2) is 55.7 Å². The van der Waals surface area contributed by atoms with E-state index in [1.807, 2.05) is 29.8 Å². The minimum absolute atomic E-state index is 0.189. The highest BCUT2D eigenvalue weighted by atomic mass is 32.1. The Hall–Kier alpha value is -2.92. The van der Waals surface area contributed by atoms with Gasteiger partial charge in [0.1, 0.15) is 6.61 Å². The van der Waals surface area contributed by atoms with Crippen molar-refractivity contribution in [2.45, 2.75) is 6.54 Å². The van der Waals surface area contributed by atoms with Crippen LogP contribution in [0.2, 0.25) is 0 Å². The van der Waals surface area contributed by atoms with Crippen LogP contribution in [-0.2, 0) is 6.54 Å². The average Bonchev–Trinajstić information content (AvgIpc) is 3.25. The number of nitrogens with two attached hydrogens (primary N) is 1. The zero-order valence-corrected chi connectivity index (χ0v) is 16.1. The van der Waals surface area contributed by atoms with E-state index in [0.717, 1.165) is 36.9 Å². The van der Waals surface area contributed by atoms with Crippen LogP contribution in [0.5, 0.6) is 11.5 Å². The highest BCUT2D eigenvalue weighted by Gasteiger charge is 2.19. The lowest BCUT2D eigenvalue weighted by Crippen LogP contribution is -2.51. The highest BCUT2D eigenvalue weighted by Crippen LogP contribution is 2.28. The molecule has 1 aliphatic heterocycles. The minimum atomic E-state index is 0.189. The Balaban J connectivity index is 1.58. The Kier molecular flexibility index (Phi) is 6.39. The molecule has 1 saturated heterocycles. The molecule has 1 aromatic heterocycles. The molecule has 8 heteroatoms. The molecule has 142 valence electrons. The van der Waals surface area contributed by atoms with E-state index in [2.05, 4.69) is 25.7 Å². The van der Waals surface area contributed by atoms with Crippen molar-refractivity contribution in [2.75, 3.05) is 44.8 Å². The fourth-order valence-corrected chi connectivity index (χ4v) is 3.52. The number of guanidine groups is 1. The maximum Gasteiger partial charge on any atom is 0.191 e. The summed E-state index contributed by atoms with van der Waals surface area (Å²) in [5.74, 6) is 4.26. The normalized spacial score (nSPS) is 14.7. The number of benzene rings is 1. The Morgan fingerprint density at radius 2 is 2.15 bits per heavy atom. The standard InChI is InChI=1S/C19H23N5O2S/c1-3-11-26-17-13-15(4-5-16(17)25-2)14-22-18(20)23-7-9-24(10-8-23)19-21-6-12-27-19/h1,4-6,12-13H,7-11,14H2,2H3,(H2,20,22). The molecule has 2 heterocycles. The maximum absolute atomic E-state index is 6.20. The van der Waals surface area contributed by atoms with Gasteiger partial charge in [-0.3, -0.25) is 0 Å². The molecule has 27 heavy (non-hydrogen) atoms. The third-order valence-corrected chi connectivity index (χ3v) is 5.09. The molecule has 1 aromatic carbocycles. The Morgan fingerprint density at radius 3 is 2.81 bits per heavy atom. The molecule has 0 radical (unpaired) electrons. The Labute approximate surface area is 163 Å². The number of nitrogens with zero attached hydrogens (tertiary/aromatic N) is 4. The predicted octanol–water partition coefficient (Wildman–Crippen LogP) is 1.80. The van der Waals surface area contributed by atoms with E-state index in [-0.39, 0.29) is 6.61 Å². The number of anilines is 1. The van der Waals surface area contributed by atoms with E-state index < -0.39 is 0 Å². The van der Waals surface area contributed by atoms with Crippen molar-refractivity contribution < 1.29 is 9.47 Å². The van der Waals surface area contributed by atoms with Crippen LogP contribution < -0.4 is 20.1 Å². The number of piperazine rings is 1. The van der Waals surface area contributed by atoms with E-state index in [4.69, 9.17) is 21.6 Å². The van der Waals surface area contributed by atoms with Crippen LogP contribution in [0.1, 0.15) is 5.56 Å². The second kappa shape index (κ2) is 9.14. The summed E-state index contributed by atoms with van der Waals surface area (Å²) in [5.41, 5.74) is 7.18. The van der Waals surface area contributed by atoms with Crippen LogP contribution >= 0.6 is 11.3 Å². The summed E-state index contributed by atoms with van der Waals surface area (Å²) in [5, 5.41) is 3.05. The molecule has 2 N–H and O–H groups in total. The van der Waals surface area contributed by atoms with Crippen LogP contribution in [0.15, 0.2) is 34.8 Å². The number of methoxy groups -OCH3 is 1. The van der Waals surface area contributed by atoms with E-state index in [1.54, 1.807) is 18.4 Å². The van der Waals surface area contributed by atoms with Crippen molar-refractivity contribution in [2.24, 2.45) is 10.7 Å². The first-order valence-electron chi connectivity index (χ1n) is 8.63. The van der Waals surface area contributed by atoms with Gasteiger partial charge in [-0.05, 0) is 17.7 Å². The van der Waals surface area contributed by atoms with Crippen LogP contribution in [0.25, 0.3) is 0 Å². The lowest BCUT2D eigenvalue weighted by Gasteiger charge is -2.35. The number of thiazole rings is 1. The van der Waals surface area contributed by atoms with Gasteiger partial charge in [0.05, 0.1) is 13.7 Å². The summed E-state index contributed by atoms with van der Waals surface area (Å²) >= 11 is 1.66. The largest absolute Gasteiger partial charge is 0.493 e. The van der Waals surface area contributed by atoms with Crippen molar-refractivity contribution in [1.82, 2.24) is 9.88 Å². The van der Waals surface area contributed by atoms with Crippen molar-refractivity contribution in [3.8, 4) is 23.8 Å². The molecule has 2 aromatic rings. The maximum atomic E-state index is 6.20. The van der Waals surface area contributed by atoms with Crippen molar-refractivity contribution in [1.29, 1.82) is 0 Å². The number of aliphatic imine (C=N–C) groups is 1. The minimum Gasteiger partial charge on any atom is -0.493 e. The van der Waals surface area contributed by atoms with Crippen LogP contribution in [0.4, 0.5) is 5.13 Å². The third kappa shape index (κ3) is 4.83. The zero-order chi connectivity index (χ0) is 19.1. The van der Waals surface area contributed by atoms with Gasteiger partial charge in [0.2, 0.25) is 0 Å². The molecule has 0 saturated carbocycles. The topological polar surface area (TPSA) is 76.2 Å². The quantitative estimate of drug-likeness (QED) is 0.464. The molecule has 0 aliphatic carbocycles. The van der Waals surface area contributed by atoms with Crippen molar-refractivity contribution >= 4 is 22.4 Å². The van der Waals surface area contributed by atoms with E-state index in [9.17, 15) is 0 Å². The number of hydrogen-bond acceptors (Lipinski definition) is 6. The molecule has 0 spiro atoms. The summed E-state index contributed by atoms with van der Waals surface area (Å²) in [7, 11) is 1.60. The highest BCUT2D eigenvalue weighted by molar-refractivity contribution is 7.13. The first-order valence-corrected chi connectivity index (χ1v) is 9.51. The van der Waals surface area contributed by atoms with Gasteiger partial charge in [0.15, 0.2) is 22.6 Å². The summed E-state index contributed by atoms with van der Waals surface area (Å²) in [6, 6.07) is 5.67. The third-order valence-electron chi connectivity index (χ3n) is 4.26. The molecule has 1 fully saturated rings. The van der Waals surface area contributed by atoms with Gasteiger partial charge in [-0.15, -0.1) is 17.8 Å². The molecule has 7 nitrogen and oxygen atoms in total. The zero-order valence-electron chi connectivity index (χ0n) is 15.3. The lowest BCUT2D eigenvalue weighted by atomic mass is 10.2. The molecular weight excluding hydrogens is 362 g/mol.